The lowest BCUT2D eigenvalue weighted by Crippen LogP contribution is -2.33. The molecule has 75 heavy (non-hydrogen) atoms. The van der Waals surface area contributed by atoms with E-state index in [-0.39, 0.29) is 0 Å². The first kappa shape index (κ1) is 48.5. The van der Waals surface area contributed by atoms with E-state index in [1.54, 1.807) is 0 Å². The molecule has 364 valence electrons. The van der Waals surface area contributed by atoms with E-state index in [1.165, 1.54) is 0 Å². The van der Waals surface area contributed by atoms with Crippen LogP contribution in [-0.2, 0) is 10.1 Å². The highest BCUT2D eigenvalue weighted by atomic mass is 31.2. The maximum absolute atomic E-state index is 7.86. The van der Waals surface area contributed by atoms with Crippen molar-refractivity contribution >= 4 is 17.2 Å². The van der Waals surface area contributed by atoms with Crippen molar-refractivity contribution in [2.45, 2.75) is 5.60 Å². The Morgan fingerprint density at radius 2 is 0.453 bits per heavy atom. The van der Waals surface area contributed by atoms with Crippen LogP contribution in [0.25, 0.3) is 44.5 Å². The fourth-order valence-corrected chi connectivity index (χ4v) is 11.4. The van der Waals surface area contributed by atoms with Gasteiger partial charge in [-0.15, -0.1) is 0 Å². The van der Waals surface area contributed by atoms with E-state index in [4.69, 9.17) is 27.1 Å². The number of rotatable bonds is 19. The minimum absolute atomic E-state index is 0.454. The van der Waals surface area contributed by atoms with E-state index < -0.39 is 22.8 Å². The molecule has 11 aromatic rings. The lowest BCUT2D eigenvalue weighted by Gasteiger charge is -2.38. The Bertz CT molecular complexity index is 3360. The molecule has 0 spiro atoms. The Labute approximate surface area is 441 Å². The van der Waals surface area contributed by atoms with Gasteiger partial charge in [0, 0.05) is 27.8 Å². The highest BCUT2D eigenvalue weighted by Gasteiger charge is 2.46. The summed E-state index contributed by atoms with van der Waals surface area (Å²) in [4.78, 5) is 0. The largest absolute Gasteiger partial charge is 0.530 e. The molecule has 0 radical (unpaired) electrons. The fraction of sp³-hybridized carbons (Fsp3) is 0.0149. The summed E-state index contributed by atoms with van der Waals surface area (Å²) in [6, 6.07) is 101. The number of hydrogen-bond acceptors (Lipinski definition) is 6. The summed E-state index contributed by atoms with van der Waals surface area (Å²) in [6.45, 7) is 0. The lowest BCUT2D eigenvalue weighted by atomic mass is 9.80. The van der Waals surface area contributed by atoms with Gasteiger partial charge in [-0.3, -0.25) is 4.52 Å². The van der Waals surface area contributed by atoms with Crippen LogP contribution in [0.3, 0.4) is 0 Å². The van der Waals surface area contributed by atoms with Crippen molar-refractivity contribution < 1.29 is 27.1 Å². The van der Waals surface area contributed by atoms with Crippen LogP contribution in [0.4, 0.5) is 0 Å². The van der Waals surface area contributed by atoms with E-state index in [1.807, 2.05) is 218 Å². The molecular formula is C67H50O6P2. The third-order valence-corrected chi connectivity index (χ3v) is 14.7. The number of para-hydroxylation sites is 5. The third kappa shape index (κ3) is 11.1. The quantitative estimate of drug-likeness (QED) is 0.0594. The molecule has 0 heterocycles. The van der Waals surface area contributed by atoms with Crippen LogP contribution in [0.5, 0.6) is 28.7 Å². The molecular weight excluding hydrogens is 963 g/mol. The first-order chi connectivity index (χ1) is 37.2. The van der Waals surface area contributed by atoms with Gasteiger partial charge in [-0.2, -0.15) is 0 Å². The maximum Gasteiger partial charge on any atom is 0.530 e. The Kier molecular flexibility index (Phi) is 15.1. The standard InChI is InChI=1S/C67H50O6P2/c1-7-29-51(30-8-1)57-41-19-24-46-62(57)68-74(69-63-47-25-20-42-58(63)52-31-9-2-10-32-52)72-66-50-28-23-45-61(66)67(55-37-15-5-16-38-55,56-39-17-6-18-40-56)73-75(70-64-48-26-21-43-59(64)53-33-11-3-12-34-53)71-65-49-27-22-44-60(65)54-35-13-4-14-36-54/h1-50H. The lowest BCUT2D eigenvalue weighted by molar-refractivity contribution is 0.134. The second-order valence-electron chi connectivity index (χ2n) is 17.4. The molecule has 0 saturated heterocycles. The molecule has 0 aliphatic rings. The monoisotopic (exact) mass is 1010 g/mol. The Hall–Kier alpha value is -8.76. The molecule has 0 saturated carbocycles. The van der Waals surface area contributed by atoms with Crippen LogP contribution in [0.1, 0.15) is 16.7 Å². The van der Waals surface area contributed by atoms with Crippen molar-refractivity contribution in [2.24, 2.45) is 0 Å². The molecule has 0 aliphatic carbocycles. The maximum atomic E-state index is 7.86. The normalized spacial score (nSPS) is 11.2. The average molecular weight is 1010 g/mol. The Morgan fingerprint density at radius 3 is 0.787 bits per heavy atom. The van der Waals surface area contributed by atoms with Crippen molar-refractivity contribution in [3.63, 3.8) is 0 Å². The van der Waals surface area contributed by atoms with Crippen molar-refractivity contribution in [3.8, 4) is 73.3 Å². The van der Waals surface area contributed by atoms with Crippen molar-refractivity contribution in [1.29, 1.82) is 0 Å². The van der Waals surface area contributed by atoms with Gasteiger partial charge in [0.2, 0.25) is 0 Å². The predicted octanol–water partition coefficient (Wildman–Crippen LogP) is 18.8. The summed E-state index contributed by atoms with van der Waals surface area (Å²) in [5, 5.41) is 0. The fourth-order valence-electron chi connectivity index (χ4n) is 9.05. The molecule has 8 heteroatoms. The van der Waals surface area contributed by atoms with E-state index in [0.717, 1.165) is 55.6 Å². The van der Waals surface area contributed by atoms with Gasteiger partial charge in [0.05, 0.1) is 0 Å². The van der Waals surface area contributed by atoms with E-state index >= 15 is 0 Å². The van der Waals surface area contributed by atoms with Crippen LogP contribution >= 0.6 is 17.2 Å². The molecule has 0 aliphatic heterocycles. The van der Waals surface area contributed by atoms with Gasteiger partial charge in [-0.25, -0.2) is 0 Å². The minimum Gasteiger partial charge on any atom is -0.417 e. The Morgan fingerprint density at radius 1 is 0.213 bits per heavy atom. The van der Waals surface area contributed by atoms with Crippen LogP contribution in [0.15, 0.2) is 303 Å². The van der Waals surface area contributed by atoms with E-state index in [0.29, 0.717) is 34.3 Å². The molecule has 0 fully saturated rings. The molecule has 0 atom stereocenters. The van der Waals surface area contributed by atoms with Crippen molar-refractivity contribution in [3.05, 3.63) is 320 Å². The Balaban J connectivity index is 1.09. The summed E-state index contributed by atoms with van der Waals surface area (Å²) in [5.74, 6) is 2.82. The highest BCUT2D eigenvalue weighted by molar-refractivity contribution is 7.43. The molecule has 0 unspecified atom stereocenters. The van der Waals surface area contributed by atoms with Crippen LogP contribution < -0.4 is 22.6 Å². The summed E-state index contributed by atoms with van der Waals surface area (Å²) < 4.78 is 43.8. The van der Waals surface area contributed by atoms with Gasteiger partial charge in [0.25, 0.3) is 0 Å². The molecule has 0 amide bonds. The zero-order chi connectivity index (χ0) is 50.5. The van der Waals surface area contributed by atoms with Gasteiger partial charge in [-0.1, -0.05) is 273 Å². The molecule has 11 aromatic carbocycles. The predicted molar refractivity (Wildman–Crippen MR) is 305 cm³/mol. The van der Waals surface area contributed by atoms with Gasteiger partial charge in [0.15, 0.2) is 5.60 Å². The molecule has 0 N–H and O–H groups in total. The van der Waals surface area contributed by atoms with E-state index in [9.17, 15) is 0 Å². The van der Waals surface area contributed by atoms with Crippen molar-refractivity contribution in [2.75, 3.05) is 0 Å². The zero-order valence-corrected chi connectivity index (χ0v) is 42.5. The summed E-state index contributed by atoms with van der Waals surface area (Å²) >= 11 is 0. The van der Waals surface area contributed by atoms with Gasteiger partial charge >= 0.3 is 17.2 Å². The number of benzene rings is 11. The average Bonchev–Trinajstić information content (AvgIpc) is 3.49. The number of hydrogen-bond donors (Lipinski definition) is 0. The topological polar surface area (TPSA) is 55.4 Å². The summed E-state index contributed by atoms with van der Waals surface area (Å²) in [6.07, 6.45) is 0. The van der Waals surface area contributed by atoms with Crippen LogP contribution in [-0.4, -0.2) is 0 Å². The first-order valence-corrected chi connectivity index (χ1v) is 26.9. The van der Waals surface area contributed by atoms with E-state index in [2.05, 4.69) is 84.9 Å². The van der Waals surface area contributed by atoms with Crippen LogP contribution in [0, 0.1) is 0 Å². The SMILES string of the molecule is c1ccc(-c2ccccc2OP(Oc2ccccc2-c2ccccc2)Oc2ccccc2C(OP(Oc2ccccc2-c2ccccc2)Oc2ccccc2-c2ccccc2)(c2ccccc2)c2ccccc2)cc1. The molecule has 0 bridgehead atoms. The van der Waals surface area contributed by atoms with Crippen LogP contribution in [0.2, 0.25) is 0 Å². The highest BCUT2D eigenvalue weighted by Crippen LogP contribution is 2.58. The smallest absolute Gasteiger partial charge is 0.417 e. The zero-order valence-electron chi connectivity index (χ0n) is 40.7. The van der Waals surface area contributed by atoms with Crippen molar-refractivity contribution in [1.82, 2.24) is 0 Å². The van der Waals surface area contributed by atoms with Gasteiger partial charge in [-0.05, 0) is 63.7 Å². The second-order valence-corrected chi connectivity index (χ2v) is 19.3. The molecule has 11 rings (SSSR count). The second kappa shape index (κ2) is 23.4. The summed E-state index contributed by atoms with van der Waals surface area (Å²) in [7, 11) is -4.65. The minimum atomic E-state index is -2.37. The third-order valence-electron chi connectivity index (χ3n) is 12.6. The van der Waals surface area contributed by atoms with Gasteiger partial charge < -0.3 is 22.6 Å². The first-order valence-electron chi connectivity index (χ1n) is 24.7. The summed E-state index contributed by atoms with van der Waals surface area (Å²) in [5.41, 5.74) is 8.30. The molecule has 0 aromatic heterocycles. The van der Waals surface area contributed by atoms with Gasteiger partial charge in [0.1, 0.15) is 28.7 Å². The molecule has 6 nitrogen and oxygen atoms in total.